The number of unbranched alkanes of at least 4 members (excludes halogenated alkanes) is 24. The Balaban J connectivity index is 4.43. The van der Waals surface area contributed by atoms with Gasteiger partial charge in [-0.05, 0) is 109 Å². The second-order valence-corrected chi connectivity index (χ2v) is 17.4. The van der Waals surface area contributed by atoms with Crippen LogP contribution in [0.15, 0.2) is 72.9 Å². The molecule has 0 aliphatic rings. The highest BCUT2D eigenvalue weighted by Gasteiger charge is 2.19. The Morgan fingerprint density at radius 2 is 0.619 bits per heavy atom. The topological polar surface area (TPSA) is 78.9 Å². The Morgan fingerprint density at radius 3 is 0.984 bits per heavy atom. The number of hydrogen-bond acceptors (Lipinski definition) is 6. The first-order valence-electron chi connectivity index (χ1n) is 26.4. The van der Waals surface area contributed by atoms with Crippen LogP contribution in [0.1, 0.15) is 252 Å². The van der Waals surface area contributed by atoms with Crippen LogP contribution in [0.5, 0.6) is 0 Å². The molecule has 0 radical (unpaired) electrons. The summed E-state index contributed by atoms with van der Waals surface area (Å²) in [5, 5.41) is 0. The highest BCUT2D eigenvalue weighted by atomic mass is 16.6. The van der Waals surface area contributed by atoms with Crippen LogP contribution < -0.4 is 0 Å². The van der Waals surface area contributed by atoms with Gasteiger partial charge in [0.15, 0.2) is 6.10 Å². The molecule has 0 spiro atoms. The molecule has 1 atom stereocenters. The van der Waals surface area contributed by atoms with Crippen molar-refractivity contribution in [1.29, 1.82) is 0 Å². The lowest BCUT2D eigenvalue weighted by Gasteiger charge is -2.18. The monoisotopic (exact) mass is 879 g/mol. The van der Waals surface area contributed by atoms with Gasteiger partial charge in [-0.1, -0.05) is 196 Å². The minimum Gasteiger partial charge on any atom is -0.462 e. The van der Waals surface area contributed by atoms with Crippen molar-refractivity contribution < 1.29 is 28.6 Å². The van der Waals surface area contributed by atoms with Gasteiger partial charge < -0.3 is 14.2 Å². The van der Waals surface area contributed by atoms with Crippen molar-refractivity contribution in [3.05, 3.63) is 72.9 Å². The standard InChI is InChI=1S/C57H98O6/c1-4-7-10-13-16-19-22-25-27-28-30-33-35-38-41-44-47-50-56(59)62-53-54(63-57(60)51-48-45-42-39-36-31-24-21-18-15-12-9-6-3)52-61-55(58)49-46-43-40-37-34-32-29-26-23-20-17-14-11-8-5-2/h7,10,16,19-21,23-25,27,30,33,54H,4-6,8-9,11-15,17-18,22,26,28-29,31-32,34-53H2,1-3H3/b10-7-,19-16-,23-20-,24-21-,27-25-,33-30-/t54-/m0/s1. The van der Waals surface area contributed by atoms with E-state index < -0.39 is 6.10 Å². The summed E-state index contributed by atoms with van der Waals surface area (Å²) in [5.41, 5.74) is 0. The minimum absolute atomic E-state index is 0.0888. The molecule has 0 saturated carbocycles. The molecule has 0 aromatic carbocycles. The molecule has 0 amide bonds. The summed E-state index contributed by atoms with van der Waals surface area (Å²) >= 11 is 0. The molecule has 0 N–H and O–H groups in total. The van der Waals surface area contributed by atoms with E-state index in [0.29, 0.717) is 19.3 Å². The van der Waals surface area contributed by atoms with Crippen LogP contribution in [-0.2, 0) is 28.6 Å². The number of hydrogen-bond donors (Lipinski definition) is 0. The number of ether oxygens (including phenoxy) is 3. The minimum atomic E-state index is -0.791. The Bertz CT molecular complexity index is 1190. The van der Waals surface area contributed by atoms with Gasteiger partial charge in [-0.25, -0.2) is 0 Å². The number of carbonyl (C=O) groups is 3. The molecule has 0 aliphatic carbocycles. The summed E-state index contributed by atoms with van der Waals surface area (Å²) in [6, 6.07) is 0. The van der Waals surface area contributed by atoms with Crippen molar-refractivity contribution in [3.8, 4) is 0 Å². The zero-order valence-electron chi connectivity index (χ0n) is 41.3. The molecule has 0 rings (SSSR count). The molecule has 63 heavy (non-hydrogen) atoms. The highest BCUT2D eigenvalue weighted by Crippen LogP contribution is 2.14. The van der Waals surface area contributed by atoms with Crippen LogP contribution in [0.4, 0.5) is 0 Å². The van der Waals surface area contributed by atoms with E-state index in [0.717, 1.165) is 109 Å². The van der Waals surface area contributed by atoms with Gasteiger partial charge in [0.05, 0.1) is 0 Å². The smallest absolute Gasteiger partial charge is 0.306 e. The molecule has 0 heterocycles. The van der Waals surface area contributed by atoms with E-state index in [-0.39, 0.29) is 31.1 Å². The van der Waals surface area contributed by atoms with E-state index in [9.17, 15) is 14.4 Å². The maximum Gasteiger partial charge on any atom is 0.306 e. The average molecular weight is 879 g/mol. The maximum atomic E-state index is 12.8. The number of allylic oxidation sites excluding steroid dienone is 12. The van der Waals surface area contributed by atoms with Crippen LogP contribution in [0.2, 0.25) is 0 Å². The molecule has 0 bridgehead atoms. The summed E-state index contributed by atoms with van der Waals surface area (Å²) in [6.07, 6.45) is 64.5. The molecule has 0 saturated heterocycles. The van der Waals surface area contributed by atoms with E-state index in [4.69, 9.17) is 14.2 Å². The molecule has 0 aliphatic heterocycles. The average Bonchev–Trinajstić information content (AvgIpc) is 3.28. The Kier molecular flexibility index (Phi) is 48.9. The third-order valence-electron chi connectivity index (χ3n) is 11.2. The van der Waals surface area contributed by atoms with E-state index >= 15 is 0 Å². The highest BCUT2D eigenvalue weighted by molar-refractivity contribution is 5.71. The molecular weight excluding hydrogens is 781 g/mol. The van der Waals surface area contributed by atoms with Gasteiger partial charge in [0.1, 0.15) is 13.2 Å². The molecule has 6 heteroatoms. The van der Waals surface area contributed by atoms with Crippen molar-refractivity contribution in [2.24, 2.45) is 0 Å². The van der Waals surface area contributed by atoms with Crippen molar-refractivity contribution in [2.75, 3.05) is 13.2 Å². The summed E-state index contributed by atoms with van der Waals surface area (Å²) in [5.74, 6) is -0.924. The second kappa shape index (κ2) is 51.5. The maximum absolute atomic E-state index is 12.8. The van der Waals surface area contributed by atoms with E-state index in [1.807, 2.05) is 0 Å². The second-order valence-electron chi connectivity index (χ2n) is 17.4. The molecule has 0 fully saturated rings. The van der Waals surface area contributed by atoms with Crippen LogP contribution in [0.3, 0.4) is 0 Å². The van der Waals surface area contributed by atoms with Crippen LogP contribution in [0.25, 0.3) is 0 Å². The van der Waals surface area contributed by atoms with Crippen LogP contribution >= 0.6 is 0 Å². The van der Waals surface area contributed by atoms with E-state index in [1.54, 1.807) is 0 Å². The normalized spacial score (nSPS) is 12.6. The van der Waals surface area contributed by atoms with Crippen molar-refractivity contribution in [3.63, 3.8) is 0 Å². The van der Waals surface area contributed by atoms with Gasteiger partial charge >= 0.3 is 17.9 Å². The van der Waals surface area contributed by atoms with Gasteiger partial charge in [0.25, 0.3) is 0 Å². The Morgan fingerprint density at radius 1 is 0.333 bits per heavy atom. The molecule has 0 aromatic rings. The fraction of sp³-hybridized carbons (Fsp3) is 0.737. The summed E-state index contributed by atoms with van der Waals surface area (Å²) in [6.45, 7) is 6.47. The fourth-order valence-corrected chi connectivity index (χ4v) is 7.19. The van der Waals surface area contributed by atoms with Gasteiger partial charge in [0.2, 0.25) is 0 Å². The first-order valence-corrected chi connectivity index (χ1v) is 26.4. The zero-order valence-corrected chi connectivity index (χ0v) is 41.3. The summed E-state index contributed by atoms with van der Waals surface area (Å²) in [7, 11) is 0. The molecule has 0 aromatic heterocycles. The molecular formula is C57H98O6. The number of esters is 3. The van der Waals surface area contributed by atoms with Crippen LogP contribution in [0, 0.1) is 0 Å². The number of rotatable bonds is 47. The van der Waals surface area contributed by atoms with E-state index in [1.165, 1.54) is 103 Å². The lowest BCUT2D eigenvalue weighted by molar-refractivity contribution is -0.167. The lowest BCUT2D eigenvalue weighted by atomic mass is 10.1. The predicted octanol–water partition coefficient (Wildman–Crippen LogP) is 17.4. The van der Waals surface area contributed by atoms with E-state index in [2.05, 4.69) is 93.7 Å². The van der Waals surface area contributed by atoms with Crippen molar-refractivity contribution in [1.82, 2.24) is 0 Å². The fourth-order valence-electron chi connectivity index (χ4n) is 7.19. The first kappa shape index (κ1) is 59.9. The summed E-state index contributed by atoms with van der Waals surface area (Å²) in [4.78, 5) is 38.0. The Hall–Kier alpha value is -3.15. The first-order chi connectivity index (χ1) is 31.0. The van der Waals surface area contributed by atoms with Gasteiger partial charge in [-0.3, -0.25) is 14.4 Å². The van der Waals surface area contributed by atoms with Crippen molar-refractivity contribution in [2.45, 2.75) is 258 Å². The predicted molar refractivity (Wildman–Crippen MR) is 270 cm³/mol. The molecule has 6 nitrogen and oxygen atoms in total. The largest absolute Gasteiger partial charge is 0.462 e. The van der Waals surface area contributed by atoms with Gasteiger partial charge in [-0.2, -0.15) is 0 Å². The third-order valence-corrected chi connectivity index (χ3v) is 11.2. The van der Waals surface area contributed by atoms with Gasteiger partial charge in [-0.15, -0.1) is 0 Å². The van der Waals surface area contributed by atoms with Gasteiger partial charge in [0, 0.05) is 19.3 Å². The third kappa shape index (κ3) is 49.7. The molecule has 362 valence electrons. The quantitative estimate of drug-likeness (QED) is 0.0262. The zero-order chi connectivity index (χ0) is 45.8. The molecule has 0 unspecified atom stereocenters. The SMILES string of the molecule is CC/C=C\C/C=C\C/C=C\C/C=C\CCCCCCC(=O)OC[C@H](COC(=O)CCCCCCCCC/C=C\CCCCCC)OC(=O)CCCCCCC/C=C\CCCCCC. The van der Waals surface area contributed by atoms with Crippen LogP contribution in [-0.4, -0.2) is 37.2 Å². The number of carbonyl (C=O) groups excluding carboxylic acids is 3. The van der Waals surface area contributed by atoms with Crippen molar-refractivity contribution >= 4 is 17.9 Å². The lowest BCUT2D eigenvalue weighted by Crippen LogP contribution is -2.30. The Labute approximate surface area is 389 Å². The summed E-state index contributed by atoms with van der Waals surface area (Å²) < 4.78 is 16.8.